The number of rotatable bonds is 3. The van der Waals surface area contributed by atoms with Crippen LogP contribution in [0, 0.1) is 0 Å². The van der Waals surface area contributed by atoms with E-state index in [4.69, 9.17) is 0 Å². The summed E-state index contributed by atoms with van der Waals surface area (Å²) < 4.78 is 0. The fourth-order valence-corrected chi connectivity index (χ4v) is 2.21. The van der Waals surface area contributed by atoms with E-state index in [0.717, 1.165) is 4.90 Å². The number of likely N-dealkylation sites (N-methyl/N-ethyl adjacent to an activating group) is 1. The number of piperidine rings is 1. The predicted octanol–water partition coefficient (Wildman–Crippen LogP) is -1.18. The number of hydrogen-bond donors (Lipinski definition) is 2. The Balaban J connectivity index is 2.31. The minimum Gasteiger partial charge on any atom is -0.383 e. The van der Waals surface area contributed by atoms with Gasteiger partial charge in [0.05, 0.1) is 5.57 Å². The molecule has 4 amide bonds. The summed E-state index contributed by atoms with van der Waals surface area (Å²) in [7, 11) is 1.51. The van der Waals surface area contributed by atoms with Crippen molar-refractivity contribution in [3.8, 4) is 0 Å². The third-order valence-corrected chi connectivity index (χ3v) is 3.13. The van der Waals surface area contributed by atoms with E-state index in [1.54, 1.807) is 0 Å². The molecule has 0 spiro atoms. The van der Waals surface area contributed by atoms with Gasteiger partial charge in [-0.25, -0.2) is 0 Å². The van der Waals surface area contributed by atoms with Crippen molar-refractivity contribution in [3.05, 3.63) is 23.9 Å². The normalized spacial score (nSPS) is 23.8. The van der Waals surface area contributed by atoms with E-state index < -0.39 is 29.7 Å². The first-order valence-electron chi connectivity index (χ1n) is 5.77. The van der Waals surface area contributed by atoms with Crippen LogP contribution in [-0.2, 0) is 19.2 Å². The van der Waals surface area contributed by atoms with Gasteiger partial charge in [-0.05, 0) is 6.42 Å². The van der Waals surface area contributed by atoms with Gasteiger partial charge < -0.3 is 5.32 Å². The molecule has 0 saturated carbocycles. The lowest BCUT2D eigenvalue weighted by Crippen LogP contribution is -2.55. The summed E-state index contributed by atoms with van der Waals surface area (Å²) in [5.74, 6) is -2.17. The van der Waals surface area contributed by atoms with Crippen LogP contribution in [0.2, 0.25) is 0 Å². The molecule has 0 bridgehead atoms. The minimum atomic E-state index is -0.946. The molecule has 0 aliphatic carbocycles. The fourth-order valence-electron chi connectivity index (χ4n) is 2.21. The van der Waals surface area contributed by atoms with Crippen molar-refractivity contribution in [3.63, 3.8) is 0 Å². The first-order valence-corrected chi connectivity index (χ1v) is 5.77. The lowest BCUT2D eigenvalue weighted by Gasteiger charge is -2.28. The highest BCUT2D eigenvalue weighted by atomic mass is 16.2. The minimum absolute atomic E-state index is 0.103. The summed E-state index contributed by atoms with van der Waals surface area (Å²) in [5, 5.41) is 4.76. The maximum Gasteiger partial charge on any atom is 0.278 e. The Labute approximate surface area is 109 Å². The number of carbonyl (C=O) groups is 4. The van der Waals surface area contributed by atoms with E-state index in [9.17, 15) is 19.2 Å². The van der Waals surface area contributed by atoms with E-state index in [1.807, 2.05) is 0 Å². The molecular weight excluding hydrogens is 250 g/mol. The number of imide groups is 2. The lowest BCUT2D eigenvalue weighted by molar-refractivity contribution is -0.150. The van der Waals surface area contributed by atoms with Gasteiger partial charge in [0.15, 0.2) is 0 Å². The topological polar surface area (TPSA) is 95.6 Å². The number of nitrogens with one attached hydrogen (secondary N) is 2. The fraction of sp³-hybridized carbons (Fsp3) is 0.333. The third-order valence-electron chi connectivity index (χ3n) is 3.13. The van der Waals surface area contributed by atoms with Gasteiger partial charge in [0.1, 0.15) is 11.7 Å². The van der Waals surface area contributed by atoms with Crippen LogP contribution >= 0.6 is 0 Å². The van der Waals surface area contributed by atoms with Crippen LogP contribution < -0.4 is 10.6 Å². The second-order valence-corrected chi connectivity index (χ2v) is 4.19. The Kier molecular flexibility index (Phi) is 3.20. The van der Waals surface area contributed by atoms with E-state index in [1.165, 1.54) is 13.1 Å². The van der Waals surface area contributed by atoms with Crippen molar-refractivity contribution < 1.29 is 19.2 Å². The molecule has 1 atom stereocenters. The Morgan fingerprint density at radius 2 is 2.00 bits per heavy atom. The maximum atomic E-state index is 12.1. The summed E-state index contributed by atoms with van der Waals surface area (Å²) in [4.78, 5) is 47.9. The highest BCUT2D eigenvalue weighted by Crippen LogP contribution is 2.25. The zero-order chi connectivity index (χ0) is 14.2. The largest absolute Gasteiger partial charge is 0.383 e. The number of amides is 4. The highest BCUT2D eigenvalue weighted by Gasteiger charge is 2.45. The van der Waals surface area contributed by atoms with Crippen LogP contribution in [-0.4, -0.2) is 41.6 Å². The summed E-state index contributed by atoms with van der Waals surface area (Å²) in [6.07, 6.45) is 1.52. The van der Waals surface area contributed by atoms with Crippen LogP contribution in [0.15, 0.2) is 23.9 Å². The second kappa shape index (κ2) is 4.68. The smallest absolute Gasteiger partial charge is 0.278 e. The van der Waals surface area contributed by atoms with Gasteiger partial charge in [-0.2, -0.15) is 0 Å². The third kappa shape index (κ3) is 1.92. The molecule has 0 radical (unpaired) electrons. The monoisotopic (exact) mass is 263 g/mol. The molecule has 2 aliphatic rings. The molecule has 2 aliphatic heterocycles. The van der Waals surface area contributed by atoms with Crippen molar-refractivity contribution >= 4 is 23.6 Å². The average Bonchev–Trinajstić information content (AvgIpc) is 2.61. The Morgan fingerprint density at radius 1 is 1.32 bits per heavy atom. The quantitative estimate of drug-likeness (QED) is 0.625. The molecule has 1 fully saturated rings. The van der Waals surface area contributed by atoms with Crippen molar-refractivity contribution in [1.29, 1.82) is 0 Å². The maximum absolute atomic E-state index is 12.1. The van der Waals surface area contributed by atoms with Crippen LogP contribution in [0.1, 0.15) is 12.8 Å². The van der Waals surface area contributed by atoms with Crippen molar-refractivity contribution in [2.24, 2.45) is 0 Å². The van der Waals surface area contributed by atoms with Crippen molar-refractivity contribution in [2.45, 2.75) is 18.9 Å². The van der Waals surface area contributed by atoms with Crippen LogP contribution in [0.25, 0.3) is 0 Å². The Hall–Kier alpha value is -2.44. The van der Waals surface area contributed by atoms with Gasteiger partial charge in [0.25, 0.3) is 11.8 Å². The number of nitrogens with zero attached hydrogens (tertiary/aromatic N) is 1. The molecule has 2 rings (SSSR count). The second-order valence-electron chi connectivity index (χ2n) is 4.19. The first-order chi connectivity index (χ1) is 9.01. The molecule has 100 valence electrons. The van der Waals surface area contributed by atoms with Gasteiger partial charge in [-0.3, -0.25) is 29.4 Å². The summed E-state index contributed by atoms with van der Waals surface area (Å²) >= 11 is 0. The van der Waals surface area contributed by atoms with Crippen LogP contribution in [0.4, 0.5) is 0 Å². The first kappa shape index (κ1) is 13.0. The summed E-state index contributed by atoms with van der Waals surface area (Å²) in [5.41, 5.74) is 0.252. The summed E-state index contributed by atoms with van der Waals surface area (Å²) in [6.45, 7) is 3.48. The number of carbonyl (C=O) groups excluding carboxylic acids is 4. The van der Waals surface area contributed by atoms with Gasteiger partial charge in [-0.15, -0.1) is 0 Å². The van der Waals surface area contributed by atoms with E-state index in [0.29, 0.717) is 0 Å². The molecule has 0 aromatic heterocycles. The molecule has 2 N–H and O–H groups in total. The van der Waals surface area contributed by atoms with Gasteiger partial charge in [-0.1, -0.05) is 12.7 Å². The molecule has 19 heavy (non-hydrogen) atoms. The molecule has 7 heteroatoms. The molecule has 1 saturated heterocycles. The highest BCUT2D eigenvalue weighted by molar-refractivity contribution is 6.22. The summed E-state index contributed by atoms with van der Waals surface area (Å²) in [6, 6.07) is -0.946. The van der Waals surface area contributed by atoms with E-state index in [-0.39, 0.29) is 24.1 Å². The standard InChI is InChI=1S/C12H13N3O4/c1-3-6-9(13-2)12(19)15(11(6)18)7-4-5-8(16)14-10(7)17/h3,7,13H,1,4-5H2,2H3,(H,14,16,17). The van der Waals surface area contributed by atoms with Crippen LogP contribution in [0.3, 0.4) is 0 Å². The molecular formula is C12H13N3O4. The molecule has 1 unspecified atom stereocenters. The van der Waals surface area contributed by atoms with Gasteiger partial charge >= 0.3 is 0 Å². The molecule has 7 nitrogen and oxygen atoms in total. The van der Waals surface area contributed by atoms with Gasteiger partial charge in [0, 0.05) is 13.5 Å². The Bertz CT molecular complexity index is 535. The lowest BCUT2D eigenvalue weighted by atomic mass is 10.0. The Morgan fingerprint density at radius 3 is 2.47 bits per heavy atom. The predicted molar refractivity (Wildman–Crippen MR) is 64.3 cm³/mol. The van der Waals surface area contributed by atoms with E-state index in [2.05, 4.69) is 17.2 Å². The van der Waals surface area contributed by atoms with Crippen molar-refractivity contribution in [1.82, 2.24) is 15.5 Å². The molecule has 2 heterocycles. The van der Waals surface area contributed by atoms with Gasteiger partial charge in [0.2, 0.25) is 11.8 Å². The molecule has 0 aromatic carbocycles. The zero-order valence-electron chi connectivity index (χ0n) is 10.4. The SMILES string of the molecule is C=CC1=C(NC)C(=O)N(C2CCC(=O)NC2=O)C1=O. The zero-order valence-corrected chi connectivity index (χ0v) is 10.4. The average molecular weight is 263 g/mol. The van der Waals surface area contributed by atoms with Crippen LogP contribution in [0.5, 0.6) is 0 Å². The number of hydrogen-bond acceptors (Lipinski definition) is 5. The van der Waals surface area contributed by atoms with Crippen molar-refractivity contribution in [2.75, 3.05) is 7.05 Å². The van der Waals surface area contributed by atoms with E-state index >= 15 is 0 Å². The molecule has 0 aromatic rings.